The Balaban J connectivity index is 0.000000180. The molecule has 4 aromatic carbocycles. The molecule has 1 fully saturated rings. The molecule has 3 aliphatic rings. The van der Waals surface area contributed by atoms with Gasteiger partial charge in [-0.15, -0.1) is 0 Å². The molecule has 0 amide bonds. The largest absolute Gasteiger partial charge is 1.00 e. The average molecular weight is 570 g/mol. The summed E-state index contributed by atoms with van der Waals surface area (Å²) in [6, 6.07) is 31.2. The molecule has 0 aromatic heterocycles. The van der Waals surface area contributed by atoms with Gasteiger partial charge in [-0.3, -0.25) is 4.79 Å². The topological polar surface area (TPSA) is 48.1 Å². The van der Waals surface area contributed by atoms with E-state index < -0.39 is 0 Å². The van der Waals surface area contributed by atoms with Gasteiger partial charge in [0.25, 0.3) is 0 Å². The number of rotatable bonds is 0. The van der Waals surface area contributed by atoms with Gasteiger partial charge in [-0.05, 0) is 30.3 Å². The first-order chi connectivity index (χ1) is 15.8. The monoisotopic (exact) mass is 570 g/mol. The maximum atomic E-state index is 12.0. The van der Waals surface area contributed by atoms with Crippen molar-refractivity contribution in [2.24, 2.45) is 0 Å². The first kappa shape index (κ1) is 27.0. The summed E-state index contributed by atoms with van der Waals surface area (Å²) in [6.07, 6.45) is 0.771. The third kappa shape index (κ3) is 5.34. The molecule has 0 saturated carbocycles. The van der Waals surface area contributed by atoms with Crippen LogP contribution in [0.5, 0.6) is 23.0 Å². The standard InChI is InChI=1S/2C14H10O2.CH4.HI.Li/c1-3-7-11-9(5-1)13-14(16-13)10-6-2-4-8-12(10)15-11;15-12-9-10-5-1-3-7-13(10)16-14-8-4-2-6-11(12)14;;;/h1-8,13-14H;1-8H,9H2;1H4;1H;/q;;;;+1/p-1. The van der Waals surface area contributed by atoms with Crippen molar-refractivity contribution in [3.63, 3.8) is 0 Å². The van der Waals surface area contributed by atoms with E-state index >= 15 is 0 Å². The molecule has 3 aliphatic heterocycles. The number of ether oxygens (including phenoxy) is 3. The van der Waals surface area contributed by atoms with E-state index in [1.54, 1.807) is 0 Å². The van der Waals surface area contributed by atoms with E-state index in [0.29, 0.717) is 17.7 Å². The van der Waals surface area contributed by atoms with Crippen LogP contribution in [0.25, 0.3) is 0 Å². The van der Waals surface area contributed by atoms with Crippen LogP contribution in [0.1, 0.15) is 46.7 Å². The van der Waals surface area contributed by atoms with Crippen molar-refractivity contribution >= 4 is 5.78 Å². The predicted molar refractivity (Wildman–Crippen MR) is 127 cm³/mol. The summed E-state index contributed by atoms with van der Waals surface area (Å²) in [4.78, 5) is 12.0. The van der Waals surface area contributed by atoms with Crippen LogP contribution in [-0.2, 0) is 11.2 Å². The number of fused-ring (bicyclic) bond motifs is 7. The van der Waals surface area contributed by atoms with Crippen molar-refractivity contribution in [2.75, 3.05) is 0 Å². The molecule has 2 atom stereocenters. The molecule has 0 N–H and O–H groups in total. The molecule has 3 heterocycles. The second-order valence-corrected chi connectivity index (χ2v) is 7.96. The molecule has 6 heteroatoms. The van der Waals surface area contributed by atoms with Gasteiger partial charge in [-0.2, -0.15) is 0 Å². The molecule has 0 spiro atoms. The average Bonchev–Trinajstić information content (AvgIpc) is 3.64. The van der Waals surface area contributed by atoms with Crippen LogP contribution in [0, 0.1) is 0 Å². The molecule has 35 heavy (non-hydrogen) atoms. The molecule has 0 bridgehead atoms. The van der Waals surface area contributed by atoms with E-state index in [1.807, 2.05) is 84.9 Å². The smallest absolute Gasteiger partial charge is 1.00 e. The van der Waals surface area contributed by atoms with Crippen molar-refractivity contribution in [1.29, 1.82) is 0 Å². The van der Waals surface area contributed by atoms with Crippen LogP contribution in [0.2, 0.25) is 0 Å². The van der Waals surface area contributed by atoms with Gasteiger partial charge in [-0.1, -0.05) is 74.2 Å². The summed E-state index contributed by atoms with van der Waals surface area (Å²) in [7, 11) is 0. The molecular formula is C29H24ILiO4. The second-order valence-electron chi connectivity index (χ2n) is 7.96. The van der Waals surface area contributed by atoms with Gasteiger partial charge in [0.05, 0.1) is 5.56 Å². The van der Waals surface area contributed by atoms with Crippen LogP contribution in [0.4, 0.5) is 0 Å². The minimum atomic E-state index is 0. The Morgan fingerprint density at radius 3 is 1.69 bits per heavy atom. The number of carbonyl (C=O) groups excluding carboxylic acids is 1. The van der Waals surface area contributed by atoms with Gasteiger partial charge < -0.3 is 38.2 Å². The van der Waals surface area contributed by atoms with Crippen LogP contribution < -0.4 is 52.3 Å². The van der Waals surface area contributed by atoms with Crippen molar-refractivity contribution in [2.45, 2.75) is 26.1 Å². The Hall–Kier alpha value is -2.56. The van der Waals surface area contributed by atoms with E-state index in [9.17, 15) is 4.79 Å². The number of hydrogen-bond donors (Lipinski definition) is 0. The van der Waals surface area contributed by atoms with Gasteiger partial charge in [0.15, 0.2) is 5.78 Å². The molecular weight excluding hydrogens is 546 g/mol. The minimum Gasteiger partial charge on any atom is -1.00 e. The fourth-order valence-corrected chi connectivity index (χ4v) is 4.24. The van der Waals surface area contributed by atoms with Crippen LogP contribution >= 0.6 is 0 Å². The summed E-state index contributed by atoms with van der Waals surface area (Å²) in [6.45, 7) is 0. The third-order valence-electron chi connectivity index (χ3n) is 5.89. The number of carbonyl (C=O) groups is 1. The third-order valence-corrected chi connectivity index (χ3v) is 5.89. The second kappa shape index (κ2) is 11.4. The van der Waals surface area contributed by atoms with Gasteiger partial charge in [0, 0.05) is 23.1 Å². The Kier molecular flexibility index (Phi) is 8.84. The minimum absolute atomic E-state index is 0. The number of ketones is 1. The zero-order valence-corrected chi connectivity index (χ0v) is 20.8. The van der Waals surface area contributed by atoms with E-state index in [2.05, 4.69) is 12.1 Å². The number of halogens is 1. The Bertz CT molecular complexity index is 1290. The molecule has 0 radical (unpaired) electrons. The maximum Gasteiger partial charge on any atom is 1.00 e. The van der Waals surface area contributed by atoms with Gasteiger partial charge in [0.2, 0.25) is 0 Å². The first-order valence-electron chi connectivity index (χ1n) is 10.7. The van der Waals surface area contributed by atoms with Crippen LogP contribution in [0.15, 0.2) is 97.1 Å². The van der Waals surface area contributed by atoms with Crippen molar-refractivity contribution in [3.8, 4) is 23.0 Å². The van der Waals surface area contributed by atoms with E-state index in [0.717, 1.165) is 33.9 Å². The van der Waals surface area contributed by atoms with E-state index in [4.69, 9.17) is 14.2 Å². The SMILES string of the molecule is C.O=C1Cc2ccccc2Oc2ccccc21.[I-].[Li+].c1ccc2c(c1)Oc1ccccc1C1OC21. The van der Waals surface area contributed by atoms with E-state index in [1.165, 1.54) is 0 Å². The van der Waals surface area contributed by atoms with Gasteiger partial charge >= 0.3 is 18.9 Å². The van der Waals surface area contributed by atoms with Gasteiger partial charge in [-0.25, -0.2) is 0 Å². The predicted octanol–water partition coefficient (Wildman–Crippen LogP) is 1.47. The molecule has 4 aromatic rings. The van der Waals surface area contributed by atoms with Crippen molar-refractivity contribution < 1.29 is 61.8 Å². The van der Waals surface area contributed by atoms with Crippen molar-refractivity contribution in [1.82, 2.24) is 0 Å². The summed E-state index contributed by atoms with van der Waals surface area (Å²) in [5, 5.41) is 0. The number of para-hydroxylation sites is 4. The summed E-state index contributed by atoms with van der Waals surface area (Å²) < 4.78 is 17.4. The Morgan fingerprint density at radius 2 is 1.06 bits per heavy atom. The molecule has 4 nitrogen and oxygen atoms in total. The maximum absolute atomic E-state index is 12.0. The molecule has 7 rings (SSSR count). The summed E-state index contributed by atoms with van der Waals surface area (Å²) in [5.74, 6) is 3.37. The first-order valence-corrected chi connectivity index (χ1v) is 10.7. The fraction of sp³-hybridized carbons (Fsp3) is 0.138. The van der Waals surface area contributed by atoms with E-state index in [-0.39, 0.29) is 68.3 Å². The molecule has 2 unspecified atom stereocenters. The number of Topliss-reactive ketones (excluding diaryl/α,β-unsaturated/α-hetero) is 1. The number of hydrogen-bond acceptors (Lipinski definition) is 4. The fourth-order valence-electron chi connectivity index (χ4n) is 4.24. The van der Waals surface area contributed by atoms with Gasteiger partial charge in [0.1, 0.15) is 35.2 Å². The van der Waals surface area contributed by atoms with Crippen molar-refractivity contribution in [3.05, 3.63) is 119 Å². The van der Waals surface area contributed by atoms with Crippen LogP contribution in [-0.4, -0.2) is 5.78 Å². The summed E-state index contributed by atoms with van der Waals surface area (Å²) in [5.41, 5.74) is 3.93. The molecule has 1 saturated heterocycles. The molecule has 172 valence electrons. The number of benzene rings is 4. The molecule has 0 aliphatic carbocycles. The normalized spacial score (nSPS) is 17.3. The zero-order valence-electron chi connectivity index (χ0n) is 18.6. The number of epoxide rings is 1. The van der Waals surface area contributed by atoms with Crippen LogP contribution in [0.3, 0.4) is 0 Å². The zero-order chi connectivity index (χ0) is 21.5. The Labute approximate surface area is 234 Å². The Morgan fingerprint density at radius 1 is 0.600 bits per heavy atom. The quantitative estimate of drug-likeness (QED) is 0.183. The summed E-state index contributed by atoms with van der Waals surface area (Å²) >= 11 is 0.